The van der Waals surface area contributed by atoms with Crippen molar-refractivity contribution in [2.45, 2.75) is 25.2 Å². The smallest absolute Gasteiger partial charge is 0.198 e. The third-order valence-corrected chi connectivity index (χ3v) is 4.67. The number of hydrogen-bond donors (Lipinski definition) is 0. The van der Waals surface area contributed by atoms with Gasteiger partial charge in [0.05, 0.1) is 6.20 Å². The first-order chi connectivity index (χ1) is 12.8. The third-order valence-electron chi connectivity index (χ3n) is 4.67. The molecular weight excluding hydrogens is 324 g/mol. The van der Waals surface area contributed by atoms with Crippen molar-refractivity contribution in [3.63, 3.8) is 0 Å². The van der Waals surface area contributed by atoms with Crippen molar-refractivity contribution in [3.8, 4) is 22.6 Å². The van der Waals surface area contributed by atoms with Crippen LogP contribution in [0.25, 0.3) is 22.6 Å². The van der Waals surface area contributed by atoms with Gasteiger partial charge < -0.3 is 8.83 Å². The molecule has 2 heterocycles. The van der Waals surface area contributed by atoms with Gasteiger partial charge in [0.15, 0.2) is 17.5 Å². The van der Waals surface area contributed by atoms with E-state index in [0.29, 0.717) is 18.2 Å². The van der Waals surface area contributed by atoms with Gasteiger partial charge in [-0.3, -0.25) is 0 Å². The Hall–Kier alpha value is -3.14. The molecule has 0 amide bonds. The highest BCUT2D eigenvalue weighted by Crippen LogP contribution is 2.40. The Morgan fingerprint density at radius 2 is 1.73 bits per heavy atom. The number of aromatic nitrogens is 2. The highest BCUT2D eigenvalue weighted by Gasteiger charge is 2.28. The molecule has 0 unspecified atom stereocenters. The molecule has 0 atom stereocenters. The van der Waals surface area contributed by atoms with Crippen molar-refractivity contribution >= 4 is 0 Å². The average Bonchev–Trinajstić information content (AvgIpc) is 3.24. The molecule has 0 saturated heterocycles. The Morgan fingerprint density at radius 1 is 0.923 bits per heavy atom. The van der Waals surface area contributed by atoms with Crippen LogP contribution >= 0.6 is 0 Å². The van der Waals surface area contributed by atoms with Crippen LogP contribution in [0.1, 0.15) is 36.1 Å². The second-order valence-corrected chi connectivity index (χ2v) is 6.70. The van der Waals surface area contributed by atoms with Gasteiger partial charge in [-0.1, -0.05) is 54.6 Å². The minimum atomic E-state index is 0.534. The lowest BCUT2D eigenvalue weighted by molar-refractivity contribution is 0.507. The van der Waals surface area contributed by atoms with Crippen LogP contribution in [0.4, 0.5) is 0 Å². The first-order valence-electron chi connectivity index (χ1n) is 8.90. The maximum atomic E-state index is 5.86. The van der Waals surface area contributed by atoms with Gasteiger partial charge >= 0.3 is 0 Å². The number of oxazole rings is 2. The Morgan fingerprint density at radius 3 is 2.50 bits per heavy atom. The van der Waals surface area contributed by atoms with Crippen LogP contribution in [0.2, 0.25) is 0 Å². The highest BCUT2D eigenvalue weighted by atomic mass is 16.4. The van der Waals surface area contributed by atoms with Crippen LogP contribution in [-0.2, 0) is 6.42 Å². The van der Waals surface area contributed by atoms with E-state index in [1.165, 1.54) is 12.8 Å². The summed E-state index contributed by atoms with van der Waals surface area (Å²) in [6, 6.07) is 18.4. The predicted octanol–water partition coefficient (Wildman–Crippen LogP) is 5.46. The SMILES string of the molecule is c1ccc(-c2coc(Cc3ccc(-c4cnc(C5CC5)o4)cc3)n2)cc1. The fourth-order valence-electron chi connectivity index (χ4n) is 3.04. The first-order valence-corrected chi connectivity index (χ1v) is 8.90. The Labute approximate surface area is 151 Å². The fourth-order valence-corrected chi connectivity index (χ4v) is 3.04. The van der Waals surface area contributed by atoms with Crippen LogP contribution in [-0.4, -0.2) is 9.97 Å². The van der Waals surface area contributed by atoms with Crippen LogP contribution in [0.5, 0.6) is 0 Å². The molecule has 1 saturated carbocycles. The van der Waals surface area contributed by atoms with E-state index >= 15 is 0 Å². The van der Waals surface area contributed by atoms with Crippen molar-refractivity contribution in [2.24, 2.45) is 0 Å². The van der Waals surface area contributed by atoms with E-state index in [0.717, 1.165) is 34.0 Å². The maximum absolute atomic E-state index is 5.86. The van der Waals surface area contributed by atoms with Crippen molar-refractivity contribution in [3.05, 3.63) is 84.4 Å². The fraction of sp³-hybridized carbons (Fsp3) is 0.182. The lowest BCUT2D eigenvalue weighted by Gasteiger charge is -2.00. The van der Waals surface area contributed by atoms with Gasteiger partial charge in [-0.15, -0.1) is 0 Å². The van der Waals surface area contributed by atoms with Crippen LogP contribution < -0.4 is 0 Å². The molecule has 1 aliphatic rings. The molecule has 0 aliphatic heterocycles. The number of benzene rings is 2. The molecule has 128 valence electrons. The van der Waals surface area contributed by atoms with Gasteiger partial charge in [-0.05, 0) is 18.4 Å². The molecular formula is C22H18N2O2. The summed E-state index contributed by atoms with van der Waals surface area (Å²) in [6.45, 7) is 0. The van der Waals surface area contributed by atoms with E-state index in [9.17, 15) is 0 Å². The second-order valence-electron chi connectivity index (χ2n) is 6.70. The van der Waals surface area contributed by atoms with Gasteiger partial charge in [0, 0.05) is 23.5 Å². The molecule has 2 aromatic carbocycles. The van der Waals surface area contributed by atoms with Crippen LogP contribution in [0.15, 0.2) is 75.9 Å². The van der Waals surface area contributed by atoms with Crippen molar-refractivity contribution < 1.29 is 8.83 Å². The standard InChI is InChI=1S/C22H18N2O2/c1-2-4-16(5-3-1)19-14-25-21(24-19)12-15-6-8-17(9-7-15)20-13-23-22(26-20)18-10-11-18/h1-9,13-14,18H,10-12H2. The lowest BCUT2D eigenvalue weighted by Crippen LogP contribution is -1.89. The molecule has 4 heteroatoms. The Bertz CT molecular complexity index is 1010. The molecule has 4 aromatic rings. The summed E-state index contributed by atoms with van der Waals surface area (Å²) >= 11 is 0. The summed E-state index contributed by atoms with van der Waals surface area (Å²) in [5.74, 6) is 2.96. The molecule has 4 nitrogen and oxygen atoms in total. The molecule has 26 heavy (non-hydrogen) atoms. The minimum absolute atomic E-state index is 0.534. The molecule has 1 fully saturated rings. The maximum Gasteiger partial charge on any atom is 0.198 e. The Kier molecular flexibility index (Phi) is 3.67. The number of hydrogen-bond acceptors (Lipinski definition) is 4. The van der Waals surface area contributed by atoms with Gasteiger partial charge in [-0.25, -0.2) is 9.97 Å². The predicted molar refractivity (Wildman–Crippen MR) is 98.7 cm³/mol. The monoisotopic (exact) mass is 342 g/mol. The molecule has 0 radical (unpaired) electrons. The largest absolute Gasteiger partial charge is 0.448 e. The zero-order valence-electron chi connectivity index (χ0n) is 14.3. The summed E-state index contributed by atoms with van der Waals surface area (Å²) in [7, 11) is 0. The molecule has 1 aliphatic carbocycles. The lowest BCUT2D eigenvalue weighted by atomic mass is 10.1. The van der Waals surface area contributed by atoms with Gasteiger partial charge in [-0.2, -0.15) is 0 Å². The normalized spacial score (nSPS) is 13.8. The van der Waals surface area contributed by atoms with E-state index in [1.807, 2.05) is 36.5 Å². The molecule has 0 N–H and O–H groups in total. The summed E-state index contributed by atoms with van der Waals surface area (Å²) in [6.07, 6.45) is 6.59. The molecule has 5 rings (SSSR count). The van der Waals surface area contributed by atoms with E-state index in [-0.39, 0.29) is 0 Å². The number of nitrogens with zero attached hydrogens (tertiary/aromatic N) is 2. The zero-order chi connectivity index (χ0) is 17.3. The molecule has 0 bridgehead atoms. The second kappa shape index (κ2) is 6.30. The highest BCUT2D eigenvalue weighted by molar-refractivity contribution is 5.58. The van der Waals surface area contributed by atoms with Crippen LogP contribution in [0, 0.1) is 0 Å². The molecule has 0 spiro atoms. The molecule has 2 aromatic heterocycles. The van der Waals surface area contributed by atoms with E-state index in [1.54, 1.807) is 6.26 Å². The summed E-state index contributed by atoms with van der Waals surface area (Å²) in [5, 5.41) is 0. The average molecular weight is 342 g/mol. The summed E-state index contributed by atoms with van der Waals surface area (Å²) in [4.78, 5) is 8.98. The van der Waals surface area contributed by atoms with Gasteiger partial charge in [0.1, 0.15) is 12.0 Å². The van der Waals surface area contributed by atoms with Crippen LogP contribution in [0.3, 0.4) is 0 Å². The Balaban J connectivity index is 1.31. The van der Waals surface area contributed by atoms with Crippen molar-refractivity contribution in [1.82, 2.24) is 9.97 Å². The van der Waals surface area contributed by atoms with E-state index in [4.69, 9.17) is 8.83 Å². The van der Waals surface area contributed by atoms with Crippen molar-refractivity contribution in [1.29, 1.82) is 0 Å². The number of rotatable bonds is 5. The minimum Gasteiger partial charge on any atom is -0.448 e. The third kappa shape index (κ3) is 3.06. The summed E-state index contributed by atoms with van der Waals surface area (Å²) in [5.41, 5.74) is 4.13. The zero-order valence-corrected chi connectivity index (χ0v) is 14.3. The van der Waals surface area contributed by atoms with Gasteiger partial charge in [0.25, 0.3) is 0 Å². The van der Waals surface area contributed by atoms with E-state index in [2.05, 4.69) is 34.2 Å². The first kappa shape index (κ1) is 15.1. The van der Waals surface area contributed by atoms with E-state index < -0.39 is 0 Å². The topological polar surface area (TPSA) is 52.1 Å². The quantitative estimate of drug-likeness (QED) is 0.483. The van der Waals surface area contributed by atoms with Crippen molar-refractivity contribution in [2.75, 3.05) is 0 Å². The summed E-state index contributed by atoms with van der Waals surface area (Å²) < 4.78 is 11.5. The van der Waals surface area contributed by atoms with Gasteiger partial charge in [0.2, 0.25) is 0 Å².